The third-order valence-electron chi connectivity index (χ3n) is 8.81. The summed E-state index contributed by atoms with van der Waals surface area (Å²) in [5.74, 6) is -8.62. The Bertz CT molecular complexity index is 1990. The summed E-state index contributed by atoms with van der Waals surface area (Å²) in [4.78, 5) is 61.7. The molecule has 3 heterocycles. The Morgan fingerprint density at radius 3 is 2.00 bits per heavy atom. The largest absolute Gasteiger partial charge is 0.508 e. The molecule has 0 radical (unpaired) electrons. The summed E-state index contributed by atoms with van der Waals surface area (Å²) in [6.07, 6.45) is -6.19. The van der Waals surface area contributed by atoms with Gasteiger partial charge in [-0.3, -0.25) is 24.0 Å². The van der Waals surface area contributed by atoms with Gasteiger partial charge in [0.1, 0.15) is 41.3 Å². The molecule has 2 aromatic carbocycles. The second kappa shape index (κ2) is 18.9. The van der Waals surface area contributed by atoms with Crippen LogP contribution in [-0.2, 0) is 47.5 Å². The van der Waals surface area contributed by atoms with Crippen LogP contribution in [0.3, 0.4) is 0 Å². The molecule has 2 saturated heterocycles. The third kappa shape index (κ3) is 10.8. The zero-order valence-electron chi connectivity index (χ0n) is 32.0. The highest BCUT2D eigenvalue weighted by molar-refractivity contribution is 6.55. The number of phenolic OH excluding ortho intramolecular Hbond substituents is 5. The SMILES string of the molecule is CC.CC(=O)OCC1CC(OB2C(O)CC(OC(C)=O)C(OC(C)=O)C2COC(C)=O)CC(Oc2c(-c3cc(O)c(O)c(O)c3)oc3cc(O)cc(O)c3c2=O)O1. The third-order valence-corrected chi connectivity index (χ3v) is 8.81. The number of fused-ring (bicyclic) bond motifs is 1. The highest BCUT2D eigenvalue weighted by Gasteiger charge is 2.53. The minimum absolute atomic E-state index is 0.00120. The van der Waals surface area contributed by atoms with Gasteiger partial charge in [-0.05, 0) is 12.1 Å². The average molecular weight is 805 g/mol. The van der Waals surface area contributed by atoms with Gasteiger partial charge in [-0.25, -0.2) is 0 Å². The fourth-order valence-corrected chi connectivity index (χ4v) is 6.62. The number of carbonyl (C=O) groups excluding carboxylic acids is 4. The van der Waals surface area contributed by atoms with E-state index in [-0.39, 0.29) is 37.0 Å². The Hall–Kier alpha value is -5.73. The maximum absolute atomic E-state index is 14.0. The number of aliphatic hydroxyl groups is 1. The lowest BCUT2D eigenvalue weighted by atomic mass is 9.44. The molecule has 2 aliphatic rings. The summed E-state index contributed by atoms with van der Waals surface area (Å²) in [5, 5.41) is 62.1. The number of aliphatic hydroxyl groups excluding tert-OH is 1. The molecule has 7 atom stereocenters. The predicted octanol–water partition coefficient (Wildman–Crippen LogP) is 2.94. The summed E-state index contributed by atoms with van der Waals surface area (Å²) < 4.78 is 45.7. The van der Waals surface area contributed by atoms with Crippen molar-refractivity contribution >= 4 is 41.8 Å². The van der Waals surface area contributed by atoms with E-state index in [1.165, 1.54) is 0 Å². The second-order valence-corrected chi connectivity index (χ2v) is 13.1. The quantitative estimate of drug-likeness (QED) is 0.0703. The summed E-state index contributed by atoms with van der Waals surface area (Å²) in [7, 11) is 0. The Morgan fingerprint density at radius 2 is 1.40 bits per heavy atom. The van der Waals surface area contributed by atoms with Gasteiger partial charge in [-0.1, -0.05) is 13.8 Å². The van der Waals surface area contributed by atoms with Crippen molar-refractivity contribution in [2.45, 2.75) is 103 Å². The summed E-state index contributed by atoms with van der Waals surface area (Å²) in [5.41, 5.74) is -1.51. The Morgan fingerprint density at radius 1 is 0.789 bits per heavy atom. The standard InChI is InChI=1S/C35H39BO19.C2H6/c1-14(37)48-12-21-9-20(55-36-22(13-49-15(2)38)34(51-17(4)40)27(11-28(36)45)50-16(3)39)10-29(52-21)54-35-32(47)30-23(42)7-19(41)8-26(30)53-33(35)18-5-24(43)31(46)25(44)6-18;1-2/h5-8,20-22,27-29,34,41-46H,9-13H2,1-4H3;1-2H3. The molecule has 19 nitrogen and oxygen atoms in total. The van der Waals surface area contributed by atoms with Crippen LogP contribution >= 0.6 is 0 Å². The van der Waals surface area contributed by atoms with Gasteiger partial charge in [0.15, 0.2) is 23.0 Å². The number of esters is 4. The van der Waals surface area contributed by atoms with E-state index in [1.807, 2.05) is 13.8 Å². The van der Waals surface area contributed by atoms with E-state index >= 15 is 0 Å². The van der Waals surface area contributed by atoms with Gasteiger partial charge in [-0.2, -0.15) is 0 Å². The number of hydrogen-bond acceptors (Lipinski definition) is 19. The molecule has 1 aromatic heterocycles. The number of carbonyl (C=O) groups is 4. The van der Waals surface area contributed by atoms with Crippen LogP contribution in [0.2, 0.25) is 5.82 Å². The summed E-state index contributed by atoms with van der Waals surface area (Å²) in [6.45, 7) is 6.56. The van der Waals surface area contributed by atoms with E-state index in [2.05, 4.69) is 0 Å². The van der Waals surface area contributed by atoms with Crippen LogP contribution in [0.5, 0.6) is 34.5 Å². The summed E-state index contributed by atoms with van der Waals surface area (Å²) in [6, 6.07) is 2.42. The zero-order chi connectivity index (χ0) is 42.3. The van der Waals surface area contributed by atoms with Crippen molar-refractivity contribution in [2.24, 2.45) is 0 Å². The maximum atomic E-state index is 14.0. The zero-order valence-corrected chi connectivity index (χ0v) is 32.0. The number of ether oxygens (including phenoxy) is 6. The average Bonchev–Trinajstić information content (AvgIpc) is 3.12. The Labute approximate surface area is 325 Å². The molecule has 3 aromatic rings. The number of rotatable bonds is 11. The van der Waals surface area contributed by atoms with E-state index < -0.39 is 131 Å². The minimum Gasteiger partial charge on any atom is -0.508 e. The van der Waals surface area contributed by atoms with E-state index in [1.54, 1.807) is 0 Å². The van der Waals surface area contributed by atoms with Crippen LogP contribution in [0, 0.1) is 0 Å². The van der Waals surface area contributed by atoms with Gasteiger partial charge in [0.2, 0.25) is 17.5 Å². The number of hydrogen-bond donors (Lipinski definition) is 6. The van der Waals surface area contributed by atoms with Crippen molar-refractivity contribution in [1.82, 2.24) is 0 Å². The molecule has 0 saturated carbocycles. The predicted molar refractivity (Wildman–Crippen MR) is 195 cm³/mol. The normalized spacial score (nSPS) is 23.1. The van der Waals surface area contributed by atoms with Gasteiger partial charge in [0.25, 0.3) is 0 Å². The molecule has 0 bridgehead atoms. The lowest BCUT2D eigenvalue weighted by Crippen LogP contribution is -2.58. The molecule has 5 rings (SSSR count). The fraction of sp³-hybridized carbons (Fsp3) is 0.486. The first-order valence-electron chi connectivity index (χ1n) is 18.0. The van der Waals surface area contributed by atoms with Crippen LogP contribution < -0.4 is 10.2 Å². The molecular formula is C37H45BO19. The van der Waals surface area contributed by atoms with Crippen LogP contribution in [0.25, 0.3) is 22.3 Å². The monoisotopic (exact) mass is 804 g/mol. The van der Waals surface area contributed by atoms with Gasteiger partial charge < -0.3 is 68.1 Å². The van der Waals surface area contributed by atoms with Crippen molar-refractivity contribution < 1.29 is 87.3 Å². The van der Waals surface area contributed by atoms with E-state index in [9.17, 15) is 54.6 Å². The number of aromatic hydroxyl groups is 5. The molecule has 2 aliphatic heterocycles. The highest BCUT2D eigenvalue weighted by atomic mass is 16.7. The molecule has 310 valence electrons. The lowest BCUT2D eigenvalue weighted by Gasteiger charge is -2.44. The number of phenols is 5. The Balaban J connectivity index is 0.00000354. The Kier molecular flexibility index (Phi) is 14.6. The molecular weight excluding hydrogens is 759 g/mol. The van der Waals surface area contributed by atoms with Crippen molar-refractivity contribution in [2.75, 3.05) is 13.2 Å². The molecule has 0 spiro atoms. The van der Waals surface area contributed by atoms with Crippen LogP contribution in [-0.4, -0.2) is 111 Å². The molecule has 20 heteroatoms. The van der Waals surface area contributed by atoms with E-state index in [0.29, 0.717) is 0 Å². The topological polar surface area (TPSA) is 284 Å². The van der Waals surface area contributed by atoms with Crippen LogP contribution in [0.1, 0.15) is 60.8 Å². The first kappa shape index (κ1) is 44.0. The molecule has 0 aliphatic carbocycles. The van der Waals surface area contributed by atoms with Gasteiger partial charge in [-0.15, -0.1) is 0 Å². The molecule has 7 unspecified atom stereocenters. The summed E-state index contributed by atoms with van der Waals surface area (Å²) >= 11 is 0. The first-order valence-corrected chi connectivity index (χ1v) is 18.0. The molecule has 0 amide bonds. The van der Waals surface area contributed by atoms with Crippen molar-refractivity contribution in [3.63, 3.8) is 0 Å². The number of benzene rings is 2. The van der Waals surface area contributed by atoms with Crippen LogP contribution in [0.4, 0.5) is 0 Å². The second-order valence-electron chi connectivity index (χ2n) is 13.1. The van der Waals surface area contributed by atoms with E-state index in [4.69, 9.17) is 37.5 Å². The lowest BCUT2D eigenvalue weighted by molar-refractivity contribution is -0.191. The molecule has 6 N–H and O–H groups in total. The van der Waals surface area contributed by atoms with Crippen molar-refractivity contribution in [3.05, 3.63) is 34.5 Å². The fourth-order valence-electron chi connectivity index (χ4n) is 6.62. The van der Waals surface area contributed by atoms with Crippen LogP contribution in [0.15, 0.2) is 33.5 Å². The smallest absolute Gasteiger partial charge is 0.332 e. The van der Waals surface area contributed by atoms with Gasteiger partial charge in [0, 0.05) is 76.6 Å². The van der Waals surface area contributed by atoms with Gasteiger partial charge >= 0.3 is 30.8 Å². The molecule has 2 fully saturated rings. The van der Waals surface area contributed by atoms with Gasteiger partial charge in [0.05, 0.1) is 18.7 Å². The minimum atomic E-state index is -1.44. The molecule has 57 heavy (non-hydrogen) atoms. The highest BCUT2D eigenvalue weighted by Crippen LogP contribution is 2.43. The maximum Gasteiger partial charge on any atom is 0.332 e. The van der Waals surface area contributed by atoms with Crippen molar-refractivity contribution in [1.29, 1.82) is 0 Å². The van der Waals surface area contributed by atoms with Crippen molar-refractivity contribution in [3.8, 4) is 45.8 Å². The first-order chi connectivity index (χ1) is 26.9. The van der Waals surface area contributed by atoms with E-state index in [0.717, 1.165) is 52.0 Å².